The SMILES string of the molecule is CC(C)C.CC(C)C.CC1CN(C(=O)c2noc(-c3ccc(F)c(F)c3)c2F)C(C)C(=O)N1. The van der Waals surface area contributed by atoms with E-state index < -0.39 is 40.9 Å². The summed E-state index contributed by atoms with van der Waals surface area (Å²) >= 11 is 0. The Hall–Kier alpha value is -2.84. The molecule has 2 heterocycles. The summed E-state index contributed by atoms with van der Waals surface area (Å²) < 4.78 is 45.7. The fourth-order valence-corrected chi connectivity index (χ4v) is 2.63. The van der Waals surface area contributed by atoms with Crippen LogP contribution in [-0.4, -0.2) is 40.5 Å². The van der Waals surface area contributed by atoms with Gasteiger partial charge < -0.3 is 14.7 Å². The van der Waals surface area contributed by atoms with Crippen molar-refractivity contribution in [3.63, 3.8) is 0 Å². The number of amides is 2. The van der Waals surface area contributed by atoms with Crippen LogP contribution in [0.25, 0.3) is 11.3 Å². The first-order valence-corrected chi connectivity index (χ1v) is 11.0. The molecule has 184 valence electrons. The normalized spacial score (nSPS) is 17.7. The molecular formula is C24H34F3N3O3. The van der Waals surface area contributed by atoms with Gasteiger partial charge in [0.15, 0.2) is 11.6 Å². The van der Waals surface area contributed by atoms with Gasteiger partial charge in [0.25, 0.3) is 5.91 Å². The number of carbonyl (C=O) groups excluding carboxylic acids is 2. The minimum absolute atomic E-state index is 0.0965. The van der Waals surface area contributed by atoms with Crippen LogP contribution < -0.4 is 5.32 Å². The van der Waals surface area contributed by atoms with E-state index in [0.29, 0.717) is 0 Å². The number of rotatable bonds is 2. The van der Waals surface area contributed by atoms with E-state index in [4.69, 9.17) is 4.52 Å². The number of piperazine rings is 1. The van der Waals surface area contributed by atoms with Crippen molar-refractivity contribution in [3.8, 4) is 11.3 Å². The van der Waals surface area contributed by atoms with Crippen LogP contribution in [0.5, 0.6) is 0 Å². The topological polar surface area (TPSA) is 75.4 Å². The molecule has 0 saturated carbocycles. The van der Waals surface area contributed by atoms with Crippen molar-refractivity contribution in [1.82, 2.24) is 15.4 Å². The Balaban J connectivity index is 0.000000591. The maximum Gasteiger partial charge on any atom is 0.279 e. The lowest BCUT2D eigenvalue weighted by Gasteiger charge is -2.35. The number of halogens is 3. The first-order valence-electron chi connectivity index (χ1n) is 11.0. The molecule has 0 spiro atoms. The molecule has 2 amide bonds. The third kappa shape index (κ3) is 8.22. The average Bonchev–Trinajstić information content (AvgIpc) is 3.07. The molecule has 0 bridgehead atoms. The van der Waals surface area contributed by atoms with Crippen molar-refractivity contribution >= 4 is 11.8 Å². The number of nitrogens with zero attached hydrogens (tertiary/aromatic N) is 2. The van der Waals surface area contributed by atoms with Crippen LogP contribution in [0.3, 0.4) is 0 Å². The molecule has 1 N–H and O–H groups in total. The van der Waals surface area contributed by atoms with Crippen molar-refractivity contribution in [2.45, 2.75) is 67.5 Å². The highest BCUT2D eigenvalue weighted by atomic mass is 19.2. The standard InChI is InChI=1S/C16H14F3N3O3.2C4H10/c1-7-6-22(8(2)15(23)20-7)16(24)13-12(19)14(25-21-13)9-3-4-10(17)11(18)5-9;2*1-4(2)3/h3-5,7-8H,6H2,1-2H3,(H,20,23);2*4H,1-3H3. The van der Waals surface area contributed by atoms with Crippen molar-refractivity contribution in [2.24, 2.45) is 11.8 Å². The lowest BCUT2D eigenvalue weighted by atomic mass is 10.1. The number of benzene rings is 1. The summed E-state index contributed by atoms with van der Waals surface area (Å²) in [5.41, 5.74) is -0.714. The molecule has 9 heteroatoms. The maximum atomic E-state index is 14.6. The molecule has 1 fully saturated rings. The zero-order valence-corrected chi connectivity index (χ0v) is 20.5. The fraction of sp³-hybridized carbons (Fsp3) is 0.542. The zero-order chi connectivity index (χ0) is 25.5. The predicted octanol–water partition coefficient (Wildman–Crippen LogP) is 5.43. The highest BCUT2D eigenvalue weighted by Crippen LogP contribution is 2.27. The van der Waals surface area contributed by atoms with Crippen LogP contribution >= 0.6 is 0 Å². The largest absolute Gasteiger partial charge is 0.352 e. The van der Waals surface area contributed by atoms with Crippen LogP contribution in [0.1, 0.15) is 65.9 Å². The summed E-state index contributed by atoms with van der Waals surface area (Å²) in [7, 11) is 0. The third-order valence-corrected chi connectivity index (χ3v) is 3.99. The maximum absolute atomic E-state index is 14.6. The monoisotopic (exact) mass is 469 g/mol. The Morgan fingerprint density at radius 2 is 1.61 bits per heavy atom. The summed E-state index contributed by atoms with van der Waals surface area (Å²) in [5.74, 6) is -3.37. The van der Waals surface area contributed by atoms with Crippen molar-refractivity contribution in [3.05, 3.63) is 41.3 Å². The van der Waals surface area contributed by atoms with Gasteiger partial charge in [0.2, 0.25) is 23.2 Å². The molecule has 1 saturated heterocycles. The van der Waals surface area contributed by atoms with Crippen LogP contribution in [0.15, 0.2) is 22.7 Å². The Morgan fingerprint density at radius 3 is 2.12 bits per heavy atom. The van der Waals surface area contributed by atoms with Gasteiger partial charge in [-0.1, -0.05) is 46.7 Å². The first kappa shape index (κ1) is 28.2. The Labute approximate surface area is 193 Å². The Kier molecular flexibility index (Phi) is 10.6. The molecule has 0 aliphatic carbocycles. The van der Waals surface area contributed by atoms with Crippen molar-refractivity contribution in [2.75, 3.05) is 6.54 Å². The number of carbonyl (C=O) groups is 2. The average molecular weight is 470 g/mol. The molecule has 6 nitrogen and oxygen atoms in total. The highest BCUT2D eigenvalue weighted by molar-refractivity contribution is 5.97. The summed E-state index contributed by atoms with van der Waals surface area (Å²) in [6.07, 6.45) is 0. The molecule has 1 aromatic heterocycles. The molecule has 2 aromatic rings. The van der Waals surface area contributed by atoms with E-state index in [1.165, 1.54) is 11.8 Å². The summed E-state index contributed by atoms with van der Waals surface area (Å²) in [5, 5.41) is 6.09. The molecular weight excluding hydrogens is 435 g/mol. The third-order valence-electron chi connectivity index (χ3n) is 3.99. The zero-order valence-electron chi connectivity index (χ0n) is 20.5. The van der Waals surface area contributed by atoms with Crippen molar-refractivity contribution in [1.29, 1.82) is 0 Å². The number of aromatic nitrogens is 1. The molecule has 0 radical (unpaired) electrons. The Morgan fingerprint density at radius 1 is 1.06 bits per heavy atom. The molecule has 1 aliphatic rings. The lowest BCUT2D eigenvalue weighted by Crippen LogP contribution is -2.59. The number of nitrogens with one attached hydrogen (secondary N) is 1. The molecule has 1 aromatic carbocycles. The van der Waals surface area contributed by atoms with Crippen LogP contribution in [0.2, 0.25) is 0 Å². The van der Waals surface area contributed by atoms with Crippen LogP contribution in [0.4, 0.5) is 13.2 Å². The van der Waals surface area contributed by atoms with Gasteiger partial charge in [0.1, 0.15) is 6.04 Å². The van der Waals surface area contributed by atoms with Gasteiger partial charge in [0, 0.05) is 18.2 Å². The van der Waals surface area contributed by atoms with E-state index in [9.17, 15) is 22.8 Å². The van der Waals surface area contributed by atoms with Gasteiger partial charge in [0.05, 0.1) is 0 Å². The number of hydrogen-bond acceptors (Lipinski definition) is 4. The van der Waals surface area contributed by atoms with E-state index in [-0.39, 0.29) is 24.1 Å². The highest BCUT2D eigenvalue weighted by Gasteiger charge is 2.36. The van der Waals surface area contributed by atoms with E-state index in [2.05, 4.69) is 52.0 Å². The van der Waals surface area contributed by atoms with Gasteiger partial charge in [-0.05, 0) is 43.9 Å². The Bertz CT molecular complexity index is 933. The fourth-order valence-electron chi connectivity index (χ4n) is 2.63. The summed E-state index contributed by atoms with van der Waals surface area (Å²) in [6, 6.07) is 1.56. The van der Waals surface area contributed by atoms with E-state index in [1.807, 2.05) is 0 Å². The summed E-state index contributed by atoms with van der Waals surface area (Å²) in [6.45, 7) is 16.4. The van der Waals surface area contributed by atoms with Gasteiger partial charge in [-0.25, -0.2) is 8.78 Å². The van der Waals surface area contributed by atoms with Crippen LogP contribution in [-0.2, 0) is 4.79 Å². The smallest absolute Gasteiger partial charge is 0.279 e. The minimum atomic E-state index is -1.18. The number of hydrogen-bond donors (Lipinski definition) is 1. The quantitative estimate of drug-likeness (QED) is 0.636. The van der Waals surface area contributed by atoms with Crippen LogP contribution in [0, 0.1) is 29.3 Å². The molecule has 2 atom stereocenters. The predicted molar refractivity (Wildman–Crippen MR) is 121 cm³/mol. The van der Waals surface area contributed by atoms with Gasteiger partial charge in [-0.15, -0.1) is 0 Å². The van der Waals surface area contributed by atoms with E-state index in [1.54, 1.807) is 6.92 Å². The molecule has 1 aliphatic heterocycles. The second-order valence-electron chi connectivity index (χ2n) is 9.31. The van der Waals surface area contributed by atoms with Crippen molar-refractivity contribution < 1.29 is 27.3 Å². The van der Waals surface area contributed by atoms with E-state index >= 15 is 0 Å². The first-order chi connectivity index (χ1) is 15.3. The van der Waals surface area contributed by atoms with Gasteiger partial charge in [-0.2, -0.15) is 4.39 Å². The molecule has 2 unspecified atom stereocenters. The van der Waals surface area contributed by atoms with Gasteiger partial charge in [-0.3, -0.25) is 9.59 Å². The lowest BCUT2D eigenvalue weighted by molar-refractivity contribution is -0.128. The molecule has 33 heavy (non-hydrogen) atoms. The second-order valence-corrected chi connectivity index (χ2v) is 9.31. The minimum Gasteiger partial charge on any atom is -0.352 e. The summed E-state index contributed by atoms with van der Waals surface area (Å²) in [4.78, 5) is 25.5. The second kappa shape index (κ2) is 12.4. The molecule has 3 rings (SSSR count). The van der Waals surface area contributed by atoms with Gasteiger partial charge >= 0.3 is 0 Å². The van der Waals surface area contributed by atoms with E-state index in [0.717, 1.165) is 30.0 Å².